The standard InChI is InChI=1S/C25H27N3O3S/c1-28(2)19-8-6-7-18(15-19)23(29)27-24-22(25(30)31-20-9-4-3-5-10-20)21(16-32-24)17-11-13-26-14-12-17/h6-8,11-16,20H,3-5,9-10H2,1-2H3,(H,27,29). The molecule has 1 fully saturated rings. The fraction of sp³-hybridized carbons (Fsp3) is 0.320. The molecule has 32 heavy (non-hydrogen) atoms. The molecule has 0 aliphatic heterocycles. The van der Waals surface area contributed by atoms with Gasteiger partial charge in [-0.25, -0.2) is 4.79 Å². The third-order valence-electron chi connectivity index (χ3n) is 5.66. The Kier molecular flexibility index (Phi) is 6.85. The van der Waals surface area contributed by atoms with Crippen LogP contribution in [0.3, 0.4) is 0 Å². The number of carbonyl (C=O) groups excluding carboxylic acids is 2. The largest absolute Gasteiger partial charge is 0.459 e. The number of esters is 1. The molecule has 7 heteroatoms. The zero-order chi connectivity index (χ0) is 22.5. The molecule has 0 unspecified atom stereocenters. The number of nitrogens with zero attached hydrogens (tertiary/aromatic N) is 2. The highest BCUT2D eigenvalue weighted by molar-refractivity contribution is 7.15. The molecule has 0 atom stereocenters. The lowest BCUT2D eigenvalue weighted by atomic mass is 9.97. The van der Waals surface area contributed by atoms with E-state index in [0.29, 0.717) is 16.1 Å². The number of benzene rings is 1. The van der Waals surface area contributed by atoms with Crippen molar-refractivity contribution < 1.29 is 14.3 Å². The number of aromatic nitrogens is 1. The van der Waals surface area contributed by atoms with E-state index in [0.717, 1.165) is 42.5 Å². The summed E-state index contributed by atoms with van der Waals surface area (Å²) in [5.41, 5.74) is 3.47. The molecule has 1 aliphatic carbocycles. The van der Waals surface area contributed by atoms with Crippen LogP contribution in [-0.4, -0.2) is 37.1 Å². The lowest BCUT2D eigenvalue weighted by Gasteiger charge is -2.22. The molecule has 0 bridgehead atoms. The van der Waals surface area contributed by atoms with Gasteiger partial charge in [-0.3, -0.25) is 9.78 Å². The lowest BCUT2D eigenvalue weighted by Crippen LogP contribution is -2.22. The van der Waals surface area contributed by atoms with Gasteiger partial charge in [0.1, 0.15) is 16.7 Å². The van der Waals surface area contributed by atoms with Gasteiger partial charge in [0.05, 0.1) is 0 Å². The maximum atomic E-state index is 13.3. The first-order chi connectivity index (χ1) is 15.5. The number of ether oxygens (including phenoxy) is 1. The normalized spacial score (nSPS) is 14.1. The number of anilines is 2. The third-order valence-corrected chi connectivity index (χ3v) is 6.56. The first kappa shape index (κ1) is 22.0. The Hall–Kier alpha value is -3.19. The van der Waals surface area contributed by atoms with Gasteiger partial charge in [-0.1, -0.05) is 12.5 Å². The number of hydrogen-bond acceptors (Lipinski definition) is 6. The van der Waals surface area contributed by atoms with Gasteiger partial charge in [0.15, 0.2) is 0 Å². The number of carbonyl (C=O) groups is 2. The molecule has 1 aromatic carbocycles. The number of pyridine rings is 1. The Morgan fingerprint density at radius 2 is 1.84 bits per heavy atom. The molecule has 2 aromatic heterocycles. The van der Waals surface area contributed by atoms with E-state index < -0.39 is 0 Å². The molecule has 2 heterocycles. The Bertz CT molecular complexity index is 1090. The summed E-state index contributed by atoms with van der Waals surface area (Å²) in [5, 5.41) is 5.33. The van der Waals surface area contributed by atoms with E-state index in [1.807, 2.05) is 54.7 Å². The maximum absolute atomic E-state index is 13.3. The summed E-state index contributed by atoms with van der Waals surface area (Å²) < 4.78 is 5.87. The summed E-state index contributed by atoms with van der Waals surface area (Å²) in [4.78, 5) is 32.3. The SMILES string of the molecule is CN(C)c1cccc(C(=O)Nc2scc(-c3ccncc3)c2C(=O)OC2CCCCC2)c1. The molecular formula is C25H27N3O3S. The highest BCUT2D eigenvalue weighted by Gasteiger charge is 2.26. The second-order valence-corrected chi connectivity index (χ2v) is 9.03. The van der Waals surface area contributed by atoms with Crippen LogP contribution in [-0.2, 0) is 4.74 Å². The van der Waals surface area contributed by atoms with Gasteiger partial charge >= 0.3 is 5.97 Å². The highest BCUT2D eigenvalue weighted by Crippen LogP contribution is 2.37. The maximum Gasteiger partial charge on any atom is 0.342 e. The van der Waals surface area contributed by atoms with E-state index in [1.54, 1.807) is 18.5 Å². The van der Waals surface area contributed by atoms with Gasteiger partial charge in [0.25, 0.3) is 5.91 Å². The minimum Gasteiger partial charge on any atom is -0.459 e. The van der Waals surface area contributed by atoms with E-state index in [4.69, 9.17) is 4.74 Å². The van der Waals surface area contributed by atoms with Crippen molar-refractivity contribution in [2.75, 3.05) is 24.3 Å². The van der Waals surface area contributed by atoms with Gasteiger partial charge in [0, 0.05) is 48.7 Å². The highest BCUT2D eigenvalue weighted by atomic mass is 32.1. The predicted octanol–water partition coefficient (Wildman–Crippen LogP) is 5.62. The molecule has 1 saturated carbocycles. The van der Waals surface area contributed by atoms with E-state index in [-0.39, 0.29) is 18.0 Å². The quantitative estimate of drug-likeness (QED) is 0.495. The molecule has 4 rings (SSSR count). The second kappa shape index (κ2) is 9.96. The summed E-state index contributed by atoms with van der Waals surface area (Å²) in [7, 11) is 3.85. The van der Waals surface area contributed by atoms with Crippen LogP contribution in [0.2, 0.25) is 0 Å². The van der Waals surface area contributed by atoms with Crippen LogP contribution in [0.5, 0.6) is 0 Å². The van der Waals surface area contributed by atoms with Crippen molar-refractivity contribution in [1.29, 1.82) is 0 Å². The van der Waals surface area contributed by atoms with Crippen molar-refractivity contribution in [2.24, 2.45) is 0 Å². The first-order valence-corrected chi connectivity index (χ1v) is 11.7. The summed E-state index contributed by atoms with van der Waals surface area (Å²) in [5.74, 6) is -0.647. The van der Waals surface area contributed by atoms with Crippen LogP contribution >= 0.6 is 11.3 Å². The second-order valence-electron chi connectivity index (χ2n) is 8.15. The van der Waals surface area contributed by atoms with Crippen molar-refractivity contribution in [2.45, 2.75) is 38.2 Å². The fourth-order valence-corrected chi connectivity index (χ4v) is 4.84. The minimum absolute atomic E-state index is 0.0678. The Morgan fingerprint density at radius 1 is 1.09 bits per heavy atom. The van der Waals surface area contributed by atoms with Crippen LogP contribution in [0.15, 0.2) is 54.2 Å². The van der Waals surface area contributed by atoms with Crippen LogP contribution < -0.4 is 10.2 Å². The summed E-state index contributed by atoms with van der Waals surface area (Å²) in [6.45, 7) is 0. The topological polar surface area (TPSA) is 71.5 Å². The lowest BCUT2D eigenvalue weighted by molar-refractivity contribution is 0.0214. The minimum atomic E-state index is -0.387. The van der Waals surface area contributed by atoms with Gasteiger partial charge in [-0.15, -0.1) is 11.3 Å². The van der Waals surface area contributed by atoms with Crippen LogP contribution in [0, 0.1) is 0 Å². The van der Waals surface area contributed by atoms with Crippen molar-refractivity contribution in [3.05, 3.63) is 65.3 Å². The Labute approximate surface area is 192 Å². The zero-order valence-corrected chi connectivity index (χ0v) is 19.2. The van der Waals surface area contributed by atoms with Crippen LogP contribution in [0.1, 0.15) is 52.8 Å². The predicted molar refractivity (Wildman–Crippen MR) is 129 cm³/mol. The molecule has 166 valence electrons. The molecule has 1 N–H and O–H groups in total. The van der Waals surface area contributed by atoms with E-state index in [2.05, 4.69) is 10.3 Å². The Balaban J connectivity index is 1.64. The van der Waals surface area contributed by atoms with Crippen molar-refractivity contribution in [3.63, 3.8) is 0 Å². The number of nitrogens with one attached hydrogen (secondary N) is 1. The van der Waals surface area contributed by atoms with Crippen LogP contribution in [0.25, 0.3) is 11.1 Å². The summed E-state index contributed by atoms with van der Waals surface area (Å²) in [6.07, 6.45) is 8.42. The third kappa shape index (κ3) is 4.99. The molecule has 0 saturated heterocycles. The fourth-order valence-electron chi connectivity index (χ4n) is 3.89. The molecule has 3 aromatic rings. The van der Waals surface area contributed by atoms with Crippen molar-refractivity contribution in [1.82, 2.24) is 4.98 Å². The van der Waals surface area contributed by atoms with Gasteiger partial charge in [-0.2, -0.15) is 0 Å². The van der Waals surface area contributed by atoms with E-state index in [1.165, 1.54) is 17.8 Å². The average Bonchev–Trinajstić information content (AvgIpc) is 3.24. The van der Waals surface area contributed by atoms with Gasteiger partial charge in [0.2, 0.25) is 0 Å². The molecule has 6 nitrogen and oxygen atoms in total. The zero-order valence-electron chi connectivity index (χ0n) is 18.3. The average molecular weight is 450 g/mol. The smallest absolute Gasteiger partial charge is 0.342 e. The van der Waals surface area contributed by atoms with E-state index in [9.17, 15) is 9.59 Å². The summed E-state index contributed by atoms with van der Waals surface area (Å²) >= 11 is 1.33. The number of amides is 1. The Morgan fingerprint density at radius 3 is 2.56 bits per heavy atom. The number of hydrogen-bond donors (Lipinski definition) is 1. The summed E-state index contributed by atoms with van der Waals surface area (Å²) in [6, 6.07) is 11.1. The monoisotopic (exact) mass is 449 g/mol. The molecule has 0 spiro atoms. The van der Waals surface area contributed by atoms with Gasteiger partial charge < -0.3 is 15.0 Å². The molecule has 1 aliphatic rings. The number of thiophene rings is 1. The first-order valence-electron chi connectivity index (χ1n) is 10.8. The van der Waals surface area contributed by atoms with Crippen LogP contribution in [0.4, 0.5) is 10.7 Å². The van der Waals surface area contributed by atoms with E-state index >= 15 is 0 Å². The number of rotatable bonds is 6. The molecular weight excluding hydrogens is 422 g/mol. The van der Waals surface area contributed by atoms with Crippen molar-refractivity contribution >= 4 is 33.9 Å². The van der Waals surface area contributed by atoms with Gasteiger partial charge in [-0.05, 0) is 61.6 Å². The molecule has 1 amide bonds. The molecule has 0 radical (unpaired) electrons. The van der Waals surface area contributed by atoms with Crippen molar-refractivity contribution in [3.8, 4) is 11.1 Å².